The van der Waals surface area contributed by atoms with Crippen LogP contribution in [0.5, 0.6) is 0 Å². The lowest BCUT2D eigenvalue weighted by Gasteiger charge is -2.58. The van der Waals surface area contributed by atoms with Gasteiger partial charge in [-0.2, -0.15) is 0 Å². The zero-order chi connectivity index (χ0) is 18.5. The van der Waals surface area contributed by atoms with Gasteiger partial charge in [-0.25, -0.2) is 0 Å². The first-order valence-corrected chi connectivity index (χ1v) is 11.5. The number of fused-ring (bicyclic) bond motifs is 3. The van der Waals surface area contributed by atoms with Crippen molar-refractivity contribution in [3.8, 4) is 0 Å². The van der Waals surface area contributed by atoms with Crippen LogP contribution in [0.4, 0.5) is 0 Å². The maximum atomic E-state index is 6.99. The second-order valence-corrected chi connectivity index (χ2v) is 10.8. The molecule has 7 unspecified atom stereocenters. The van der Waals surface area contributed by atoms with E-state index in [2.05, 4.69) is 33.4 Å². The molecule has 3 saturated carbocycles. The second-order valence-electron chi connectivity index (χ2n) is 10.8. The lowest BCUT2D eigenvalue weighted by Crippen LogP contribution is -2.58. The monoisotopic (exact) mass is 355 g/mol. The lowest BCUT2D eigenvalue weighted by atomic mass is 9.47. The fourth-order valence-corrected chi connectivity index (χ4v) is 7.43. The summed E-state index contributed by atoms with van der Waals surface area (Å²) in [6.45, 7) is 11.6. The average Bonchev–Trinajstić information content (AvgIpc) is 3.33. The van der Waals surface area contributed by atoms with E-state index in [0.29, 0.717) is 5.41 Å². The molecule has 1 heteroatoms. The van der Waals surface area contributed by atoms with Crippen molar-refractivity contribution in [1.29, 1.82) is 0 Å². The molecule has 0 bridgehead atoms. The van der Waals surface area contributed by atoms with Crippen LogP contribution in [-0.2, 0) is 0 Å². The van der Waals surface area contributed by atoms with E-state index >= 15 is 0 Å². The van der Waals surface area contributed by atoms with E-state index in [-0.39, 0.29) is 5.54 Å². The maximum Gasteiger partial charge on any atom is 0.0159 e. The van der Waals surface area contributed by atoms with Gasteiger partial charge >= 0.3 is 0 Å². The predicted octanol–water partition coefficient (Wildman–Crippen LogP) is 6.64. The number of unbranched alkanes of at least 4 members (excludes halogenated alkanes) is 2. The Balaban J connectivity index is 1.54. The summed E-state index contributed by atoms with van der Waals surface area (Å²) >= 11 is 0. The second kappa shape index (κ2) is 6.80. The highest BCUT2D eigenvalue weighted by Crippen LogP contribution is 2.64. The summed E-state index contributed by atoms with van der Waals surface area (Å²) in [5.41, 5.74) is 10.6. The molecule has 2 N–H and O–H groups in total. The van der Waals surface area contributed by atoms with Crippen molar-refractivity contribution in [2.45, 2.75) is 96.9 Å². The smallest absolute Gasteiger partial charge is 0.0159 e. The third-order valence-corrected chi connectivity index (χ3v) is 8.99. The Hall–Kier alpha value is -0.560. The van der Waals surface area contributed by atoms with Gasteiger partial charge < -0.3 is 5.73 Å². The zero-order valence-corrected chi connectivity index (χ0v) is 17.5. The lowest BCUT2D eigenvalue weighted by molar-refractivity contribution is -0.0265. The van der Waals surface area contributed by atoms with Crippen molar-refractivity contribution in [3.05, 3.63) is 23.8 Å². The molecule has 1 nitrogen and oxygen atoms in total. The fourth-order valence-electron chi connectivity index (χ4n) is 7.43. The van der Waals surface area contributed by atoms with Gasteiger partial charge in [-0.15, -0.1) is 0 Å². The molecule has 0 saturated heterocycles. The summed E-state index contributed by atoms with van der Waals surface area (Å²) in [4.78, 5) is 0. The number of rotatable bonds is 5. The Morgan fingerprint density at radius 3 is 2.69 bits per heavy atom. The zero-order valence-electron chi connectivity index (χ0n) is 17.5. The molecule has 0 aromatic rings. The molecule has 0 aromatic carbocycles. The Labute approximate surface area is 161 Å². The fraction of sp³-hybridized carbons (Fsp3) is 0.840. The van der Waals surface area contributed by atoms with Crippen LogP contribution < -0.4 is 5.73 Å². The first-order chi connectivity index (χ1) is 12.4. The highest BCUT2D eigenvalue weighted by molar-refractivity contribution is 5.33. The van der Waals surface area contributed by atoms with Gasteiger partial charge in [-0.05, 0) is 86.9 Å². The number of hydrogen-bond acceptors (Lipinski definition) is 1. The van der Waals surface area contributed by atoms with E-state index in [1.54, 1.807) is 5.57 Å². The van der Waals surface area contributed by atoms with Crippen molar-refractivity contribution < 1.29 is 0 Å². The third-order valence-electron chi connectivity index (χ3n) is 8.99. The van der Waals surface area contributed by atoms with E-state index in [4.69, 9.17) is 5.73 Å². The van der Waals surface area contributed by atoms with Crippen molar-refractivity contribution in [2.24, 2.45) is 40.7 Å². The van der Waals surface area contributed by atoms with Crippen molar-refractivity contribution in [2.75, 3.05) is 0 Å². The molecule has 4 aliphatic carbocycles. The summed E-state index contributed by atoms with van der Waals surface area (Å²) in [6, 6.07) is 0. The Bertz CT molecular complexity index is 585. The summed E-state index contributed by atoms with van der Waals surface area (Å²) in [7, 11) is 0. The minimum Gasteiger partial charge on any atom is -0.325 e. The van der Waals surface area contributed by atoms with Crippen molar-refractivity contribution in [1.82, 2.24) is 0 Å². The van der Waals surface area contributed by atoms with Crippen LogP contribution in [0.2, 0.25) is 0 Å². The minimum atomic E-state index is 0.0706. The van der Waals surface area contributed by atoms with Gasteiger partial charge in [0.25, 0.3) is 0 Å². The minimum absolute atomic E-state index is 0.0706. The molecular formula is C25H41N. The largest absolute Gasteiger partial charge is 0.325 e. The van der Waals surface area contributed by atoms with E-state index in [1.807, 2.05) is 0 Å². The predicted molar refractivity (Wildman–Crippen MR) is 112 cm³/mol. The van der Waals surface area contributed by atoms with Gasteiger partial charge in [-0.3, -0.25) is 0 Å². The summed E-state index contributed by atoms with van der Waals surface area (Å²) in [6.07, 6.45) is 17.4. The standard InChI is InChI=1S/C25H41N/c1-5-6-7-8-18-16-21(18)23-20-10-9-19-15-17(2)11-13-24(19,3)22(20)12-14-25(23,4)26/h15,18,20-23H,2,5-14,16,26H2,1,3-4H3. The summed E-state index contributed by atoms with van der Waals surface area (Å²) in [5, 5.41) is 0. The van der Waals surface area contributed by atoms with Crippen LogP contribution in [0.1, 0.15) is 91.4 Å². The van der Waals surface area contributed by atoms with Crippen LogP contribution in [0, 0.1) is 35.0 Å². The molecule has 0 amide bonds. The topological polar surface area (TPSA) is 26.0 Å². The Morgan fingerprint density at radius 1 is 1.12 bits per heavy atom. The molecule has 0 heterocycles. The highest BCUT2D eigenvalue weighted by Gasteiger charge is 2.59. The number of hydrogen-bond donors (Lipinski definition) is 1. The van der Waals surface area contributed by atoms with Crippen molar-refractivity contribution in [3.63, 3.8) is 0 Å². The first-order valence-electron chi connectivity index (χ1n) is 11.5. The third kappa shape index (κ3) is 3.13. The van der Waals surface area contributed by atoms with Crippen LogP contribution in [0.25, 0.3) is 0 Å². The molecule has 7 atom stereocenters. The van der Waals surface area contributed by atoms with E-state index in [0.717, 1.165) is 29.6 Å². The van der Waals surface area contributed by atoms with Crippen LogP contribution >= 0.6 is 0 Å². The molecule has 0 spiro atoms. The molecular weight excluding hydrogens is 314 g/mol. The first kappa shape index (κ1) is 18.8. The normalized spacial score (nSPS) is 47.8. The van der Waals surface area contributed by atoms with Gasteiger partial charge in [0.05, 0.1) is 0 Å². The van der Waals surface area contributed by atoms with Crippen LogP contribution in [0.3, 0.4) is 0 Å². The van der Waals surface area contributed by atoms with E-state index in [9.17, 15) is 0 Å². The molecule has 4 rings (SSSR count). The molecule has 4 aliphatic rings. The SMILES string of the molecule is C=C1C=C2CCC3C(C4CC4CCCCC)C(C)(N)CCC3C2(C)CC1. The van der Waals surface area contributed by atoms with Crippen LogP contribution in [-0.4, -0.2) is 5.54 Å². The van der Waals surface area contributed by atoms with Gasteiger partial charge in [0.15, 0.2) is 0 Å². The molecule has 0 aromatic heterocycles. The van der Waals surface area contributed by atoms with E-state index in [1.165, 1.54) is 76.2 Å². The number of allylic oxidation sites excluding steroid dienone is 3. The molecule has 3 fully saturated rings. The molecule has 26 heavy (non-hydrogen) atoms. The molecule has 146 valence electrons. The van der Waals surface area contributed by atoms with Gasteiger partial charge in [0.1, 0.15) is 0 Å². The quantitative estimate of drug-likeness (QED) is 0.550. The molecule has 0 aliphatic heterocycles. The van der Waals surface area contributed by atoms with E-state index < -0.39 is 0 Å². The number of nitrogens with two attached hydrogens (primary N) is 1. The summed E-state index contributed by atoms with van der Waals surface area (Å²) < 4.78 is 0. The van der Waals surface area contributed by atoms with Crippen molar-refractivity contribution >= 4 is 0 Å². The molecule has 0 radical (unpaired) electrons. The highest BCUT2D eigenvalue weighted by atomic mass is 14.8. The average molecular weight is 356 g/mol. The van der Waals surface area contributed by atoms with Crippen LogP contribution in [0.15, 0.2) is 23.8 Å². The van der Waals surface area contributed by atoms with Gasteiger partial charge in [0, 0.05) is 5.54 Å². The summed E-state index contributed by atoms with van der Waals surface area (Å²) in [5.74, 6) is 4.44. The maximum absolute atomic E-state index is 6.99. The van der Waals surface area contributed by atoms with Gasteiger partial charge in [-0.1, -0.05) is 63.3 Å². The Kier molecular flexibility index (Phi) is 4.91. The Morgan fingerprint density at radius 2 is 1.92 bits per heavy atom. The van der Waals surface area contributed by atoms with Gasteiger partial charge in [0.2, 0.25) is 0 Å².